The van der Waals surface area contributed by atoms with Gasteiger partial charge in [-0.3, -0.25) is 9.59 Å². The molecule has 0 fully saturated rings. The molecule has 0 aromatic carbocycles. The number of hydrogen-bond acceptors (Lipinski definition) is 8. The van der Waals surface area contributed by atoms with E-state index in [1.54, 1.807) is 0 Å². The molecule has 0 saturated heterocycles. The molecule has 9 heteroatoms. The van der Waals surface area contributed by atoms with E-state index in [9.17, 15) is 19.5 Å². The lowest BCUT2D eigenvalue weighted by atomic mass is 10.0. The molecule has 9 nitrogen and oxygen atoms in total. The van der Waals surface area contributed by atoms with Crippen molar-refractivity contribution in [2.45, 2.75) is 257 Å². The van der Waals surface area contributed by atoms with E-state index in [1.807, 2.05) is 21.1 Å². The highest BCUT2D eigenvalue weighted by Crippen LogP contribution is 2.15. The Bertz CT molecular complexity index is 1470. The number of carbonyl (C=O) groups is 3. The summed E-state index contributed by atoms with van der Waals surface area (Å²) >= 11 is 0. The highest BCUT2D eigenvalue weighted by molar-refractivity contribution is 5.70. The summed E-state index contributed by atoms with van der Waals surface area (Å²) in [6, 6.07) is 0. The van der Waals surface area contributed by atoms with E-state index in [0.717, 1.165) is 96.3 Å². The summed E-state index contributed by atoms with van der Waals surface area (Å²) in [5.74, 6) is -2.30. The molecule has 0 aliphatic heterocycles. The number of quaternary nitrogens is 1. The van der Waals surface area contributed by atoms with Crippen LogP contribution in [0.4, 0.5) is 0 Å². The molecule has 0 N–H and O–H groups in total. The molecule has 0 aromatic heterocycles. The van der Waals surface area contributed by atoms with Gasteiger partial charge >= 0.3 is 11.9 Å². The molecule has 0 saturated carbocycles. The molecule has 0 radical (unpaired) electrons. The molecule has 2 unspecified atom stereocenters. The van der Waals surface area contributed by atoms with Gasteiger partial charge in [-0.15, -0.1) is 0 Å². The second kappa shape index (κ2) is 54.7. The van der Waals surface area contributed by atoms with Crippen molar-refractivity contribution >= 4 is 17.9 Å². The topological polar surface area (TPSA) is 111 Å². The smallest absolute Gasteiger partial charge is 0.306 e. The molecule has 0 heterocycles. The molecule has 0 spiro atoms. The lowest BCUT2D eigenvalue weighted by molar-refractivity contribution is -0.870. The van der Waals surface area contributed by atoms with Gasteiger partial charge in [0, 0.05) is 12.8 Å². The third-order valence-corrected chi connectivity index (χ3v) is 12.6. The third kappa shape index (κ3) is 56.0. The quantitative estimate of drug-likeness (QED) is 0.0195. The fourth-order valence-corrected chi connectivity index (χ4v) is 8.06. The maximum atomic E-state index is 12.9. The number of carboxylic acids is 1. The molecule has 2 atom stereocenters. The van der Waals surface area contributed by atoms with Gasteiger partial charge in [0.25, 0.3) is 0 Å². The summed E-state index contributed by atoms with van der Waals surface area (Å²) in [4.78, 5) is 37.3. The first-order valence-corrected chi connectivity index (χ1v) is 29.7. The van der Waals surface area contributed by atoms with Gasteiger partial charge in [0.15, 0.2) is 12.4 Å². The minimum Gasteiger partial charge on any atom is -0.545 e. The maximum absolute atomic E-state index is 12.9. The summed E-state index contributed by atoms with van der Waals surface area (Å²) in [6.45, 7) is 4.62. The summed E-state index contributed by atoms with van der Waals surface area (Å²) in [6.07, 6.45) is 69.1. The number of rotatable bonds is 54. The van der Waals surface area contributed by atoms with Crippen molar-refractivity contribution in [3.8, 4) is 0 Å². The van der Waals surface area contributed by atoms with Gasteiger partial charge < -0.3 is 33.3 Å². The van der Waals surface area contributed by atoms with Gasteiger partial charge in [-0.05, 0) is 89.9 Å². The zero-order chi connectivity index (χ0) is 53.4. The summed E-state index contributed by atoms with van der Waals surface area (Å²) in [5, 5.41) is 11.8. The normalized spacial score (nSPS) is 13.4. The Hall–Kier alpha value is -3.53. The Morgan fingerprint density at radius 2 is 0.781 bits per heavy atom. The predicted molar refractivity (Wildman–Crippen MR) is 306 cm³/mol. The van der Waals surface area contributed by atoms with Crippen molar-refractivity contribution in [3.05, 3.63) is 85.1 Å². The molecule has 0 aliphatic rings. The van der Waals surface area contributed by atoms with Crippen LogP contribution in [0.2, 0.25) is 0 Å². The van der Waals surface area contributed by atoms with E-state index in [0.29, 0.717) is 17.4 Å². The highest BCUT2D eigenvalue weighted by Gasteiger charge is 2.22. The van der Waals surface area contributed by atoms with E-state index in [1.165, 1.54) is 116 Å². The zero-order valence-electron chi connectivity index (χ0n) is 47.7. The number of hydrogen-bond donors (Lipinski definition) is 0. The van der Waals surface area contributed by atoms with Crippen molar-refractivity contribution in [2.75, 3.05) is 47.5 Å². The number of nitrogens with zero attached hydrogens (tertiary/aromatic N) is 1. The van der Waals surface area contributed by atoms with E-state index < -0.39 is 24.3 Å². The Balaban J connectivity index is 4.29. The first-order valence-electron chi connectivity index (χ1n) is 29.7. The molecule has 0 aliphatic carbocycles. The lowest BCUT2D eigenvalue weighted by Gasteiger charge is -2.26. The number of esters is 2. The van der Waals surface area contributed by atoms with Crippen molar-refractivity contribution in [1.29, 1.82) is 0 Å². The summed E-state index contributed by atoms with van der Waals surface area (Å²) in [5.41, 5.74) is 0. The number of carbonyl (C=O) groups excluding carboxylic acids is 3. The van der Waals surface area contributed by atoms with E-state index in [2.05, 4.69) is 98.9 Å². The predicted octanol–water partition coefficient (Wildman–Crippen LogP) is 16.2. The Morgan fingerprint density at radius 1 is 0.425 bits per heavy atom. The molecule has 0 rings (SSSR count). The highest BCUT2D eigenvalue weighted by atomic mass is 16.7. The van der Waals surface area contributed by atoms with Crippen LogP contribution in [-0.2, 0) is 33.3 Å². The van der Waals surface area contributed by atoms with Crippen molar-refractivity contribution < 1.29 is 42.9 Å². The van der Waals surface area contributed by atoms with Gasteiger partial charge in [-0.25, -0.2) is 0 Å². The number of unbranched alkanes of at least 4 members (excludes halogenated alkanes) is 25. The maximum Gasteiger partial charge on any atom is 0.306 e. The standard InChI is InChI=1S/C64H111NO8/c1-6-8-10-12-14-16-18-20-22-24-26-28-30-31-33-35-37-39-41-43-45-47-49-51-53-55-62(67)73-60(59-72-64(63(68)69)70-57-56-65(3,4)5)58-71-61(66)54-52-50-48-46-44-42-40-38-36-34-32-29-27-25-23-21-19-17-15-13-11-9-7-2/h8,10,14,16,20,22,25-28,31,33,37,39,60,64H,6-7,9,11-13,15,17-19,21,23-24,29-30,32,34-36,38,40-59H2,1-5H3/b10-8-,16-14-,22-20-,27-25-,28-26-,33-31-,39-37-. The monoisotopic (exact) mass is 1020 g/mol. The molecule has 0 aromatic rings. The average Bonchev–Trinajstić information content (AvgIpc) is 3.36. The van der Waals surface area contributed by atoms with Crippen LogP contribution >= 0.6 is 0 Å². The molecule has 0 amide bonds. The molecule has 0 bridgehead atoms. The largest absolute Gasteiger partial charge is 0.545 e. The van der Waals surface area contributed by atoms with Crippen molar-refractivity contribution in [1.82, 2.24) is 0 Å². The summed E-state index contributed by atoms with van der Waals surface area (Å²) < 4.78 is 22.7. The fourth-order valence-electron chi connectivity index (χ4n) is 8.06. The van der Waals surface area contributed by atoms with Gasteiger partial charge in [0.2, 0.25) is 0 Å². The number of aliphatic carboxylic acids is 1. The first kappa shape index (κ1) is 69.5. The van der Waals surface area contributed by atoms with Gasteiger partial charge in [-0.1, -0.05) is 227 Å². The Morgan fingerprint density at radius 3 is 1.18 bits per heavy atom. The van der Waals surface area contributed by atoms with Crippen molar-refractivity contribution in [3.63, 3.8) is 0 Å². The van der Waals surface area contributed by atoms with Crippen LogP contribution in [0.25, 0.3) is 0 Å². The van der Waals surface area contributed by atoms with Crippen LogP contribution in [0.1, 0.15) is 245 Å². The molecular formula is C64H111NO8. The minimum absolute atomic E-state index is 0.141. The minimum atomic E-state index is -1.63. The van der Waals surface area contributed by atoms with Crippen LogP contribution in [0.5, 0.6) is 0 Å². The second-order valence-corrected chi connectivity index (χ2v) is 20.9. The van der Waals surface area contributed by atoms with Crippen LogP contribution in [0, 0.1) is 0 Å². The van der Waals surface area contributed by atoms with Crippen LogP contribution in [0.3, 0.4) is 0 Å². The number of likely N-dealkylation sites (N-methyl/N-ethyl adjacent to an activating group) is 1. The number of allylic oxidation sites excluding steroid dienone is 14. The number of ether oxygens (including phenoxy) is 4. The Labute approximate surface area is 449 Å². The second-order valence-electron chi connectivity index (χ2n) is 20.9. The van der Waals surface area contributed by atoms with Crippen LogP contribution in [0.15, 0.2) is 85.1 Å². The van der Waals surface area contributed by atoms with Crippen LogP contribution < -0.4 is 5.11 Å². The third-order valence-electron chi connectivity index (χ3n) is 12.6. The van der Waals surface area contributed by atoms with Crippen molar-refractivity contribution in [2.24, 2.45) is 0 Å². The lowest BCUT2D eigenvalue weighted by Crippen LogP contribution is -2.44. The SMILES string of the molecule is CC/C=C\C/C=C\C/C=C\C/C=C\C/C=C\C/C=C\CCCCCCCCC(=O)OC(COC(=O)CCCCCCCCCCCCC/C=C\CCCCCCCCCC)COC(OCC[N+](C)(C)C)C(=O)[O-]. The number of carboxylic acid groups (broad SMARTS) is 1. The summed E-state index contributed by atoms with van der Waals surface area (Å²) in [7, 11) is 5.91. The van der Waals surface area contributed by atoms with Gasteiger partial charge in [-0.2, -0.15) is 0 Å². The van der Waals surface area contributed by atoms with Crippen LogP contribution in [-0.4, -0.2) is 82.3 Å². The molecule has 420 valence electrons. The molecular weight excluding hydrogens is 911 g/mol. The van der Waals surface area contributed by atoms with E-state index >= 15 is 0 Å². The fraction of sp³-hybridized carbons (Fsp3) is 0.734. The Kier molecular flexibility index (Phi) is 52.1. The average molecular weight is 1020 g/mol. The first-order chi connectivity index (χ1) is 35.6. The van der Waals surface area contributed by atoms with E-state index in [4.69, 9.17) is 18.9 Å². The molecule has 73 heavy (non-hydrogen) atoms. The van der Waals surface area contributed by atoms with E-state index in [-0.39, 0.29) is 38.6 Å². The zero-order valence-corrected chi connectivity index (χ0v) is 47.7. The van der Waals surface area contributed by atoms with Gasteiger partial charge in [0.1, 0.15) is 13.2 Å². The van der Waals surface area contributed by atoms with Gasteiger partial charge in [0.05, 0.1) is 40.3 Å².